The first kappa shape index (κ1) is 26.6. The molecule has 0 aromatic heterocycles. The number of benzene rings is 2. The molecule has 198 valence electrons. The molecule has 1 atom stereocenters. The number of anilines is 1. The lowest BCUT2D eigenvalue weighted by molar-refractivity contribution is -0.135. The van der Waals surface area contributed by atoms with Gasteiger partial charge in [0.05, 0.1) is 6.54 Å². The van der Waals surface area contributed by atoms with Crippen LogP contribution in [0.5, 0.6) is 11.5 Å². The summed E-state index contributed by atoms with van der Waals surface area (Å²) in [6, 6.07) is 10.6. The van der Waals surface area contributed by atoms with Crippen molar-refractivity contribution in [2.45, 2.75) is 44.7 Å². The topological polar surface area (TPSA) is 114 Å². The molecule has 11 heteroatoms. The number of halogens is 1. The van der Waals surface area contributed by atoms with Crippen LogP contribution in [-0.4, -0.2) is 57.7 Å². The Kier molecular flexibility index (Phi) is 9.10. The summed E-state index contributed by atoms with van der Waals surface area (Å²) in [4.78, 5) is 39.4. The molecule has 3 amide bonds. The lowest BCUT2D eigenvalue weighted by atomic mass is 9.95. The highest BCUT2D eigenvalue weighted by molar-refractivity contribution is 7.86. The molecule has 4 rings (SSSR count). The van der Waals surface area contributed by atoms with E-state index in [4.69, 9.17) is 9.47 Å². The molecule has 1 aliphatic carbocycles. The Morgan fingerprint density at radius 2 is 1.68 bits per heavy atom. The Morgan fingerprint density at radius 3 is 2.43 bits per heavy atom. The number of amides is 3. The quantitative estimate of drug-likeness (QED) is 0.487. The van der Waals surface area contributed by atoms with Crippen molar-refractivity contribution in [3.05, 3.63) is 53.8 Å². The largest absolute Gasteiger partial charge is 0.454 e. The van der Waals surface area contributed by atoms with E-state index < -0.39 is 39.9 Å². The Hall–Kier alpha value is -3.47. The molecule has 0 saturated heterocycles. The maximum Gasteiger partial charge on any atom is 0.239 e. The Morgan fingerprint density at radius 1 is 0.946 bits per heavy atom. The average molecular weight is 532 g/mol. The molecule has 0 radical (unpaired) electrons. The molecular weight excluding hydrogens is 501 g/mol. The van der Waals surface area contributed by atoms with E-state index in [1.807, 2.05) is 0 Å². The first-order chi connectivity index (χ1) is 17.9. The Bertz CT molecular complexity index is 1150. The monoisotopic (exact) mass is 531 g/mol. The van der Waals surface area contributed by atoms with Crippen LogP contribution < -0.4 is 20.1 Å². The van der Waals surface area contributed by atoms with Crippen molar-refractivity contribution in [2.24, 2.45) is 0 Å². The van der Waals surface area contributed by atoms with Gasteiger partial charge >= 0.3 is 0 Å². The van der Waals surface area contributed by atoms with E-state index in [1.54, 1.807) is 18.2 Å². The van der Waals surface area contributed by atoms with Crippen LogP contribution in [0.25, 0.3) is 0 Å². The first-order valence-corrected chi connectivity index (χ1v) is 13.7. The molecule has 2 N–H and O–H groups in total. The predicted octanol–water partition coefficient (Wildman–Crippen LogP) is 2.72. The summed E-state index contributed by atoms with van der Waals surface area (Å²) >= 11 is 0. The van der Waals surface area contributed by atoms with E-state index in [0.29, 0.717) is 22.7 Å². The Labute approximate surface area is 217 Å². The number of ether oxygens (including phenoxy) is 2. The van der Waals surface area contributed by atoms with Crippen LogP contribution in [-0.2, 0) is 31.7 Å². The molecule has 37 heavy (non-hydrogen) atoms. The number of hydrogen-bond acceptors (Lipinski definition) is 6. The zero-order chi connectivity index (χ0) is 26.2. The van der Waals surface area contributed by atoms with Crippen molar-refractivity contribution in [3.8, 4) is 11.5 Å². The second-order valence-corrected chi connectivity index (χ2v) is 10.6. The van der Waals surface area contributed by atoms with Gasteiger partial charge in [0.25, 0.3) is 0 Å². The molecule has 2 aliphatic rings. The summed E-state index contributed by atoms with van der Waals surface area (Å²) in [5.41, 5.74) is 1.08. The van der Waals surface area contributed by atoms with Gasteiger partial charge in [0.15, 0.2) is 11.5 Å². The number of carbonyl (C=O) groups excluding carboxylic acids is 3. The minimum absolute atomic E-state index is 0.0534. The number of nitrogens with one attached hydrogen (secondary N) is 2. The smallest absolute Gasteiger partial charge is 0.239 e. The summed E-state index contributed by atoms with van der Waals surface area (Å²) < 4.78 is 36.5. The first-order valence-electron chi connectivity index (χ1n) is 12.2. The van der Waals surface area contributed by atoms with E-state index in [2.05, 4.69) is 10.6 Å². The summed E-state index contributed by atoms with van der Waals surface area (Å²) in [5.74, 6) is -1.51. The van der Waals surface area contributed by atoms with Gasteiger partial charge in [0.1, 0.15) is 17.3 Å². The zero-order valence-electron chi connectivity index (χ0n) is 20.4. The second kappa shape index (κ2) is 12.7. The van der Waals surface area contributed by atoms with Crippen molar-refractivity contribution in [1.82, 2.24) is 10.2 Å². The minimum atomic E-state index is -1.81. The highest BCUT2D eigenvalue weighted by atomic mass is 32.2. The van der Waals surface area contributed by atoms with Crippen LogP contribution in [0.15, 0.2) is 42.5 Å². The van der Waals surface area contributed by atoms with Crippen LogP contribution in [0.4, 0.5) is 10.1 Å². The van der Waals surface area contributed by atoms with E-state index in [0.717, 1.165) is 32.1 Å². The van der Waals surface area contributed by atoms with Crippen molar-refractivity contribution >= 4 is 34.2 Å². The maximum absolute atomic E-state index is 13.3. The number of rotatable bonds is 10. The molecule has 0 unspecified atom stereocenters. The van der Waals surface area contributed by atoms with Gasteiger partial charge < -0.3 is 25.0 Å². The number of fused-ring (bicyclic) bond motifs is 1. The molecule has 0 spiro atoms. The maximum atomic E-state index is 13.3. The predicted molar refractivity (Wildman–Crippen MR) is 136 cm³/mol. The van der Waals surface area contributed by atoms with E-state index >= 15 is 0 Å². The summed E-state index contributed by atoms with van der Waals surface area (Å²) in [7, 11) is -1.81. The van der Waals surface area contributed by atoms with E-state index in [9.17, 15) is 23.0 Å². The number of nitrogens with zero attached hydrogens (tertiary/aromatic N) is 1. The molecule has 2 aromatic carbocycles. The van der Waals surface area contributed by atoms with Crippen molar-refractivity contribution in [1.29, 1.82) is 0 Å². The Balaban J connectivity index is 1.33. The number of carbonyl (C=O) groups is 3. The SMILES string of the molecule is O=C(C[S@@](=O)CC(=O)N(CC(=O)NC1CCCCC1)Cc1ccc(F)cc1)Nc1ccc2c(c1)OCO2. The van der Waals surface area contributed by atoms with Gasteiger partial charge in [-0.2, -0.15) is 0 Å². The third-order valence-electron chi connectivity index (χ3n) is 6.18. The van der Waals surface area contributed by atoms with Gasteiger partial charge in [-0.1, -0.05) is 31.4 Å². The minimum Gasteiger partial charge on any atom is -0.454 e. The van der Waals surface area contributed by atoms with Gasteiger partial charge in [-0.3, -0.25) is 18.6 Å². The summed E-state index contributed by atoms with van der Waals surface area (Å²) in [6.07, 6.45) is 5.06. The molecule has 1 saturated carbocycles. The third kappa shape index (κ3) is 8.01. The summed E-state index contributed by atoms with van der Waals surface area (Å²) in [6.45, 7) is -0.0585. The third-order valence-corrected chi connectivity index (χ3v) is 7.33. The second-order valence-electron chi connectivity index (χ2n) is 9.12. The van der Waals surface area contributed by atoms with Gasteiger partial charge in [-0.05, 0) is 42.7 Å². The van der Waals surface area contributed by atoms with Gasteiger partial charge in [0, 0.05) is 35.1 Å². The molecule has 9 nitrogen and oxygen atoms in total. The van der Waals surface area contributed by atoms with E-state index in [-0.39, 0.29) is 31.8 Å². The van der Waals surface area contributed by atoms with Gasteiger partial charge in [-0.15, -0.1) is 0 Å². The highest BCUT2D eigenvalue weighted by Gasteiger charge is 2.23. The van der Waals surface area contributed by atoms with Crippen molar-refractivity contribution < 1.29 is 32.5 Å². The number of hydrogen-bond donors (Lipinski definition) is 2. The zero-order valence-corrected chi connectivity index (χ0v) is 21.2. The lowest BCUT2D eigenvalue weighted by Gasteiger charge is -2.26. The molecule has 0 bridgehead atoms. The normalized spacial score (nSPS) is 15.6. The highest BCUT2D eigenvalue weighted by Crippen LogP contribution is 2.34. The fourth-order valence-electron chi connectivity index (χ4n) is 4.33. The molecule has 1 fully saturated rings. The molecule has 2 aromatic rings. The standard InChI is InChI=1S/C26H30FN3O6S/c27-19-8-6-18(7-9-19)13-30(14-24(31)28-20-4-2-1-3-5-20)26(33)16-37(34)15-25(32)29-21-10-11-22-23(12-21)36-17-35-22/h6-12,20H,1-5,13-17H2,(H,28,31)(H,29,32)/t37-/m1/s1. The van der Waals surface area contributed by atoms with Crippen molar-refractivity contribution in [2.75, 3.05) is 30.2 Å². The van der Waals surface area contributed by atoms with Crippen molar-refractivity contribution in [3.63, 3.8) is 0 Å². The molecular formula is C26H30FN3O6S. The van der Waals surface area contributed by atoms with Gasteiger partial charge in [0.2, 0.25) is 24.5 Å². The fourth-order valence-corrected chi connectivity index (χ4v) is 5.26. The van der Waals surface area contributed by atoms with Gasteiger partial charge in [-0.25, -0.2) is 4.39 Å². The summed E-state index contributed by atoms with van der Waals surface area (Å²) in [5, 5.41) is 5.61. The average Bonchev–Trinajstić information content (AvgIpc) is 3.33. The van der Waals surface area contributed by atoms with E-state index in [1.165, 1.54) is 29.2 Å². The molecule has 1 aliphatic heterocycles. The van der Waals surface area contributed by atoms with Crippen LogP contribution in [0.2, 0.25) is 0 Å². The molecule has 1 heterocycles. The van der Waals surface area contributed by atoms with Crippen LogP contribution in [0.1, 0.15) is 37.7 Å². The van der Waals surface area contributed by atoms with Crippen LogP contribution in [0.3, 0.4) is 0 Å². The van der Waals surface area contributed by atoms with Crippen LogP contribution >= 0.6 is 0 Å². The fraction of sp³-hybridized carbons (Fsp3) is 0.423. The van der Waals surface area contributed by atoms with Crippen LogP contribution in [0, 0.1) is 5.82 Å². The lowest BCUT2D eigenvalue weighted by Crippen LogP contribution is -2.45.